The molecule has 132 valence electrons. The molecule has 1 atom stereocenters. The van der Waals surface area contributed by atoms with Gasteiger partial charge in [0.1, 0.15) is 0 Å². The maximum absolute atomic E-state index is 12.4. The molecule has 0 aliphatic carbocycles. The number of piperidine rings is 1. The Hall–Kier alpha value is -1.39. The number of hydrogen-bond donors (Lipinski definition) is 0. The topological polar surface area (TPSA) is 32.8 Å². The zero-order chi connectivity index (χ0) is 16.8. The molecule has 24 heavy (non-hydrogen) atoms. The fourth-order valence-electron chi connectivity index (χ4n) is 3.88. The number of nitrogens with zero attached hydrogens (tertiary/aromatic N) is 2. The van der Waals surface area contributed by atoms with E-state index in [0.29, 0.717) is 19.8 Å². The van der Waals surface area contributed by atoms with Gasteiger partial charge >= 0.3 is 0 Å². The van der Waals surface area contributed by atoms with E-state index in [-0.39, 0.29) is 5.91 Å². The second-order valence-corrected chi connectivity index (χ2v) is 7.20. The molecule has 0 bridgehead atoms. The zero-order valence-electron chi connectivity index (χ0n) is 14.9. The van der Waals surface area contributed by atoms with E-state index in [9.17, 15) is 4.79 Å². The molecule has 2 aliphatic heterocycles. The molecule has 1 aromatic carbocycles. The number of carbonyl (C=O) groups is 1. The fraction of sp³-hybridized carbons (Fsp3) is 0.650. The Bertz CT molecular complexity index is 540. The molecule has 0 unspecified atom stereocenters. The monoisotopic (exact) mass is 330 g/mol. The molecule has 2 aliphatic rings. The van der Waals surface area contributed by atoms with Crippen LogP contribution in [0.1, 0.15) is 30.4 Å². The second kappa shape index (κ2) is 8.63. The van der Waals surface area contributed by atoms with Gasteiger partial charge in [0.05, 0.1) is 19.8 Å². The van der Waals surface area contributed by atoms with E-state index in [2.05, 4.69) is 36.1 Å². The SMILES string of the molecule is Cc1ccccc1CC[C@@H]1CCCN(CC(=O)N2CCOCC2)C1. The van der Waals surface area contributed by atoms with Crippen LogP contribution in [0.25, 0.3) is 0 Å². The highest BCUT2D eigenvalue weighted by Crippen LogP contribution is 2.22. The van der Waals surface area contributed by atoms with Crippen molar-refractivity contribution in [3.63, 3.8) is 0 Å². The van der Waals surface area contributed by atoms with Gasteiger partial charge in [0.25, 0.3) is 0 Å². The van der Waals surface area contributed by atoms with Crippen molar-refractivity contribution < 1.29 is 9.53 Å². The lowest BCUT2D eigenvalue weighted by molar-refractivity contribution is -0.136. The molecule has 4 heteroatoms. The number of morpholine rings is 1. The van der Waals surface area contributed by atoms with Crippen LogP contribution >= 0.6 is 0 Å². The quantitative estimate of drug-likeness (QED) is 0.831. The Morgan fingerprint density at radius 2 is 2.00 bits per heavy atom. The first-order chi connectivity index (χ1) is 11.7. The Labute approximate surface area is 145 Å². The van der Waals surface area contributed by atoms with Crippen molar-refractivity contribution in [2.75, 3.05) is 45.9 Å². The van der Waals surface area contributed by atoms with Crippen LogP contribution in [-0.2, 0) is 16.0 Å². The van der Waals surface area contributed by atoms with Gasteiger partial charge in [0.15, 0.2) is 0 Å². The highest BCUT2D eigenvalue weighted by Gasteiger charge is 2.24. The van der Waals surface area contributed by atoms with Gasteiger partial charge in [-0.15, -0.1) is 0 Å². The number of benzene rings is 1. The number of ether oxygens (including phenoxy) is 1. The Morgan fingerprint density at radius 3 is 2.79 bits per heavy atom. The number of rotatable bonds is 5. The summed E-state index contributed by atoms with van der Waals surface area (Å²) in [5.41, 5.74) is 2.87. The Kier molecular flexibility index (Phi) is 6.27. The highest BCUT2D eigenvalue weighted by molar-refractivity contribution is 5.78. The Balaban J connectivity index is 1.45. The van der Waals surface area contributed by atoms with Crippen LogP contribution in [0.3, 0.4) is 0 Å². The zero-order valence-corrected chi connectivity index (χ0v) is 14.9. The van der Waals surface area contributed by atoms with Gasteiger partial charge in [-0.2, -0.15) is 0 Å². The van der Waals surface area contributed by atoms with E-state index in [1.807, 2.05) is 4.90 Å². The Morgan fingerprint density at radius 1 is 1.21 bits per heavy atom. The molecular formula is C20H30N2O2. The molecular weight excluding hydrogens is 300 g/mol. The maximum atomic E-state index is 12.4. The molecule has 3 rings (SSSR count). The largest absolute Gasteiger partial charge is 0.378 e. The summed E-state index contributed by atoms with van der Waals surface area (Å²) in [4.78, 5) is 16.7. The van der Waals surface area contributed by atoms with Gasteiger partial charge < -0.3 is 9.64 Å². The smallest absolute Gasteiger partial charge is 0.236 e. The van der Waals surface area contributed by atoms with Gasteiger partial charge in [-0.05, 0) is 56.2 Å². The average Bonchev–Trinajstić information content (AvgIpc) is 2.62. The lowest BCUT2D eigenvalue weighted by atomic mass is 9.90. The minimum absolute atomic E-state index is 0.276. The lowest BCUT2D eigenvalue weighted by Gasteiger charge is -2.34. The summed E-state index contributed by atoms with van der Waals surface area (Å²) < 4.78 is 5.33. The number of aryl methyl sites for hydroxylation is 2. The first-order valence-corrected chi connectivity index (χ1v) is 9.35. The van der Waals surface area contributed by atoms with Crippen LogP contribution in [0.4, 0.5) is 0 Å². The van der Waals surface area contributed by atoms with Gasteiger partial charge in [-0.3, -0.25) is 9.69 Å². The first-order valence-electron chi connectivity index (χ1n) is 9.35. The predicted octanol–water partition coefficient (Wildman–Crippen LogP) is 2.50. The van der Waals surface area contributed by atoms with Crippen molar-refractivity contribution in [2.45, 2.75) is 32.6 Å². The molecule has 0 spiro atoms. The summed E-state index contributed by atoms with van der Waals surface area (Å²) >= 11 is 0. The molecule has 2 heterocycles. The highest BCUT2D eigenvalue weighted by atomic mass is 16.5. The molecule has 0 saturated carbocycles. The molecule has 0 N–H and O–H groups in total. The van der Waals surface area contributed by atoms with E-state index in [1.54, 1.807) is 0 Å². The van der Waals surface area contributed by atoms with Crippen molar-refractivity contribution in [2.24, 2.45) is 5.92 Å². The molecule has 2 fully saturated rings. The van der Waals surface area contributed by atoms with Crippen LogP contribution in [-0.4, -0.2) is 61.6 Å². The van der Waals surface area contributed by atoms with Gasteiger partial charge in [-0.25, -0.2) is 0 Å². The van der Waals surface area contributed by atoms with E-state index in [0.717, 1.165) is 38.5 Å². The van der Waals surface area contributed by atoms with E-state index in [4.69, 9.17) is 4.74 Å². The third-order valence-corrected chi connectivity index (χ3v) is 5.41. The van der Waals surface area contributed by atoms with Gasteiger partial charge in [0.2, 0.25) is 5.91 Å². The number of likely N-dealkylation sites (tertiary alicyclic amines) is 1. The van der Waals surface area contributed by atoms with Crippen molar-refractivity contribution in [1.82, 2.24) is 9.80 Å². The minimum atomic E-state index is 0.276. The summed E-state index contributed by atoms with van der Waals surface area (Å²) in [6.07, 6.45) is 4.90. The third kappa shape index (κ3) is 4.81. The van der Waals surface area contributed by atoms with Crippen LogP contribution in [0.15, 0.2) is 24.3 Å². The summed E-state index contributed by atoms with van der Waals surface area (Å²) in [5, 5.41) is 0. The lowest BCUT2D eigenvalue weighted by Crippen LogP contribution is -2.47. The molecule has 2 saturated heterocycles. The van der Waals surface area contributed by atoms with Gasteiger partial charge in [0, 0.05) is 19.6 Å². The first kappa shape index (κ1) is 17.4. The number of hydrogen-bond acceptors (Lipinski definition) is 3. The standard InChI is InChI=1S/C20H30N2O2/c1-17-5-2-3-7-19(17)9-8-18-6-4-10-21(15-18)16-20(23)22-11-13-24-14-12-22/h2-3,5,7,18H,4,6,8-16H2,1H3/t18-/m0/s1. The molecule has 0 aromatic heterocycles. The van der Waals surface area contributed by atoms with E-state index >= 15 is 0 Å². The predicted molar refractivity (Wildman–Crippen MR) is 96.1 cm³/mol. The minimum Gasteiger partial charge on any atom is -0.378 e. The summed E-state index contributed by atoms with van der Waals surface area (Å²) in [6.45, 7) is 7.80. The summed E-state index contributed by atoms with van der Waals surface area (Å²) in [7, 11) is 0. The van der Waals surface area contributed by atoms with Crippen molar-refractivity contribution in [1.29, 1.82) is 0 Å². The van der Waals surface area contributed by atoms with E-state index < -0.39 is 0 Å². The fourth-order valence-corrected chi connectivity index (χ4v) is 3.88. The van der Waals surface area contributed by atoms with Crippen molar-refractivity contribution in [3.05, 3.63) is 35.4 Å². The molecule has 0 radical (unpaired) electrons. The third-order valence-electron chi connectivity index (χ3n) is 5.41. The van der Waals surface area contributed by atoms with Crippen molar-refractivity contribution >= 4 is 5.91 Å². The van der Waals surface area contributed by atoms with E-state index in [1.165, 1.54) is 30.4 Å². The van der Waals surface area contributed by atoms with Gasteiger partial charge in [-0.1, -0.05) is 24.3 Å². The maximum Gasteiger partial charge on any atom is 0.236 e. The summed E-state index contributed by atoms with van der Waals surface area (Å²) in [6, 6.07) is 8.69. The number of carbonyl (C=O) groups excluding carboxylic acids is 1. The van der Waals surface area contributed by atoms with Crippen LogP contribution in [0, 0.1) is 12.8 Å². The molecule has 1 aromatic rings. The van der Waals surface area contributed by atoms with Crippen LogP contribution in [0.2, 0.25) is 0 Å². The molecule has 1 amide bonds. The van der Waals surface area contributed by atoms with Crippen molar-refractivity contribution in [3.8, 4) is 0 Å². The summed E-state index contributed by atoms with van der Waals surface area (Å²) in [5.74, 6) is 0.994. The second-order valence-electron chi connectivity index (χ2n) is 7.20. The van der Waals surface area contributed by atoms with Crippen LogP contribution in [0.5, 0.6) is 0 Å². The number of amides is 1. The average molecular weight is 330 g/mol. The van der Waals surface area contributed by atoms with Crippen LogP contribution < -0.4 is 0 Å². The normalized spacial score (nSPS) is 22.5. The molecule has 4 nitrogen and oxygen atoms in total.